The van der Waals surface area contributed by atoms with E-state index < -0.39 is 10.5 Å². The first kappa shape index (κ1) is 7.93. The molecule has 0 N–H and O–H groups in total. The fourth-order valence-corrected chi connectivity index (χ4v) is 1.66. The van der Waals surface area contributed by atoms with Crippen molar-refractivity contribution in [2.45, 2.75) is 0 Å². The van der Waals surface area contributed by atoms with Gasteiger partial charge >= 0.3 is 5.63 Å². The van der Waals surface area contributed by atoms with Gasteiger partial charge in [0.25, 0.3) is 5.69 Å². The standard InChI is InChI=1S/C7H3NO4S/c9-7-5-2-1-4(8(10)11)3-6(5)13-12-7/h1-3H. The Labute approximate surface area is 75.6 Å². The van der Waals surface area contributed by atoms with Gasteiger partial charge in [0.15, 0.2) is 0 Å². The summed E-state index contributed by atoms with van der Waals surface area (Å²) in [6, 6.07) is 4.01. The van der Waals surface area contributed by atoms with Crippen LogP contribution in [-0.4, -0.2) is 4.92 Å². The van der Waals surface area contributed by atoms with Crippen LogP contribution in [-0.2, 0) is 0 Å². The summed E-state index contributed by atoms with van der Waals surface area (Å²) in [5.41, 5.74) is -0.487. The minimum atomic E-state index is -0.510. The number of benzene rings is 1. The highest BCUT2D eigenvalue weighted by Crippen LogP contribution is 2.21. The zero-order chi connectivity index (χ0) is 9.42. The number of hydrogen-bond donors (Lipinski definition) is 0. The number of nitro groups is 1. The summed E-state index contributed by atoms with van der Waals surface area (Å²) >= 11 is 0.854. The summed E-state index contributed by atoms with van der Waals surface area (Å²) in [5, 5.41) is 10.7. The van der Waals surface area contributed by atoms with Gasteiger partial charge in [-0.15, -0.1) is 0 Å². The minimum Gasteiger partial charge on any atom is -0.361 e. The van der Waals surface area contributed by atoms with Crippen molar-refractivity contribution in [3.05, 3.63) is 38.7 Å². The van der Waals surface area contributed by atoms with Crippen LogP contribution in [0.3, 0.4) is 0 Å². The fourth-order valence-electron chi connectivity index (χ4n) is 0.990. The van der Waals surface area contributed by atoms with E-state index >= 15 is 0 Å². The van der Waals surface area contributed by atoms with Crippen LogP contribution in [0.5, 0.6) is 0 Å². The zero-order valence-corrected chi connectivity index (χ0v) is 7.04. The number of non-ortho nitro benzene ring substituents is 1. The summed E-state index contributed by atoms with van der Waals surface area (Å²) in [6.07, 6.45) is 0. The summed E-state index contributed by atoms with van der Waals surface area (Å²) in [7, 11) is 0. The van der Waals surface area contributed by atoms with Crippen molar-refractivity contribution in [2.24, 2.45) is 0 Å². The van der Waals surface area contributed by atoms with Gasteiger partial charge in [-0.2, -0.15) is 0 Å². The molecule has 0 atom stereocenters. The lowest BCUT2D eigenvalue weighted by atomic mass is 10.2. The smallest absolute Gasteiger partial charge is 0.356 e. The monoisotopic (exact) mass is 197 g/mol. The maximum atomic E-state index is 10.9. The van der Waals surface area contributed by atoms with Crippen molar-refractivity contribution in [2.75, 3.05) is 0 Å². The molecule has 66 valence electrons. The van der Waals surface area contributed by atoms with E-state index in [0.717, 1.165) is 11.6 Å². The molecule has 0 amide bonds. The number of fused-ring (bicyclic) bond motifs is 1. The molecule has 2 rings (SSSR count). The van der Waals surface area contributed by atoms with Crippen LogP contribution >= 0.6 is 11.6 Å². The summed E-state index contributed by atoms with van der Waals surface area (Å²) in [4.78, 5) is 20.8. The molecule has 13 heavy (non-hydrogen) atoms. The van der Waals surface area contributed by atoms with Gasteiger partial charge in [0.2, 0.25) is 0 Å². The highest BCUT2D eigenvalue weighted by atomic mass is 32.1. The summed E-state index contributed by atoms with van der Waals surface area (Å²) < 4.78 is 5.11. The van der Waals surface area contributed by atoms with Crippen LogP contribution < -0.4 is 5.63 Å². The molecule has 1 aromatic heterocycles. The lowest BCUT2D eigenvalue weighted by Crippen LogP contribution is -1.91. The average Bonchev–Trinajstić information content (AvgIpc) is 2.47. The van der Waals surface area contributed by atoms with E-state index in [9.17, 15) is 14.9 Å². The molecule has 1 aromatic carbocycles. The Morgan fingerprint density at radius 1 is 1.46 bits per heavy atom. The van der Waals surface area contributed by atoms with E-state index in [1.807, 2.05) is 0 Å². The Balaban J connectivity index is 2.77. The van der Waals surface area contributed by atoms with Crippen molar-refractivity contribution in [3.8, 4) is 0 Å². The molecule has 0 aliphatic heterocycles. The minimum absolute atomic E-state index is 0.0375. The third-order valence-electron chi connectivity index (χ3n) is 1.60. The maximum absolute atomic E-state index is 10.9. The van der Waals surface area contributed by atoms with Gasteiger partial charge in [-0.3, -0.25) is 10.1 Å². The first-order chi connectivity index (χ1) is 6.18. The van der Waals surface area contributed by atoms with Gasteiger partial charge in [0.05, 0.1) is 15.0 Å². The Hall–Kier alpha value is -1.69. The molecule has 0 saturated heterocycles. The van der Waals surface area contributed by atoms with Crippen molar-refractivity contribution in [1.29, 1.82) is 0 Å². The number of nitrogens with zero attached hydrogens (tertiary/aromatic N) is 1. The van der Waals surface area contributed by atoms with Crippen LogP contribution in [0.1, 0.15) is 0 Å². The van der Waals surface area contributed by atoms with Crippen molar-refractivity contribution in [1.82, 2.24) is 0 Å². The van der Waals surface area contributed by atoms with Gasteiger partial charge in [-0.25, -0.2) is 4.79 Å². The van der Waals surface area contributed by atoms with Crippen molar-refractivity contribution in [3.63, 3.8) is 0 Å². The molecular formula is C7H3NO4S. The predicted molar refractivity (Wildman–Crippen MR) is 47.0 cm³/mol. The maximum Gasteiger partial charge on any atom is 0.356 e. The number of rotatable bonds is 1. The highest BCUT2D eigenvalue weighted by molar-refractivity contribution is 7.10. The van der Waals surface area contributed by atoms with Crippen LogP contribution in [0.15, 0.2) is 26.8 Å². The van der Waals surface area contributed by atoms with E-state index in [4.69, 9.17) is 0 Å². The summed E-state index contributed by atoms with van der Waals surface area (Å²) in [5.74, 6) is 0. The van der Waals surface area contributed by atoms with Crippen LogP contribution in [0.4, 0.5) is 5.69 Å². The highest BCUT2D eigenvalue weighted by Gasteiger charge is 2.10. The van der Waals surface area contributed by atoms with Crippen LogP contribution in [0.25, 0.3) is 10.1 Å². The molecule has 0 saturated carbocycles. The lowest BCUT2D eigenvalue weighted by Gasteiger charge is -1.87. The fraction of sp³-hybridized carbons (Fsp3) is 0. The zero-order valence-electron chi connectivity index (χ0n) is 6.22. The Kier molecular flexibility index (Phi) is 1.63. The van der Waals surface area contributed by atoms with Gasteiger partial charge in [0.1, 0.15) is 0 Å². The molecule has 0 unspecified atom stereocenters. The van der Waals surface area contributed by atoms with Crippen molar-refractivity contribution >= 4 is 27.4 Å². The topological polar surface area (TPSA) is 73.3 Å². The second-order valence-electron chi connectivity index (χ2n) is 2.39. The molecule has 0 bridgehead atoms. The van der Waals surface area contributed by atoms with Crippen LogP contribution in [0, 0.1) is 10.1 Å². The SMILES string of the molecule is O=c1osc2cc([N+](=O)[O-])ccc12. The molecule has 0 spiro atoms. The van der Waals surface area contributed by atoms with Gasteiger partial charge in [-0.1, -0.05) is 0 Å². The van der Waals surface area contributed by atoms with E-state index in [2.05, 4.69) is 3.85 Å². The number of hydrogen-bond acceptors (Lipinski definition) is 5. The second-order valence-corrected chi connectivity index (χ2v) is 3.16. The molecular weight excluding hydrogens is 194 g/mol. The quantitative estimate of drug-likeness (QED) is 0.515. The van der Waals surface area contributed by atoms with E-state index in [0.29, 0.717) is 10.1 Å². The largest absolute Gasteiger partial charge is 0.361 e. The Bertz CT molecular complexity index is 527. The first-order valence-corrected chi connectivity index (χ1v) is 4.10. The third kappa shape index (κ3) is 1.20. The lowest BCUT2D eigenvalue weighted by molar-refractivity contribution is -0.384. The average molecular weight is 197 g/mol. The Morgan fingerprint density at radius 3 is 2.92 bits per heavy atom. The molecule has 1 heterocycles. The van der Waals surface area contributed by atoms with E-state index in [-0.39, 0.29) is 5.69 Å². The van der Waals surface area contributed by atoms with Gasteiger partial charge in [0, 0.05) is 23.8 Å². The van der Waals surface area contributed by atoms with Crippen LogP contribution in [0.2, 0.25) is 0 Å². The van der Waals surface area contributed by atoms with Gasteiger partial charge in [-0.05, 0) is 6.07 Å². The molecule has 0 fully saturated rings. The molecule has 2 aromatic rings. The van der Waals surface area contributed by atoms with Crippen molar-refractivity contribution < 1.29 is 8.77 Å². The van der Waals surface area contributed by atoms with E-state index in [1.165, 1.54) is 18.2 Å². The van der Waals surface area contributed by atoms with E-state index in [1.54, 1.807) is 0 Å². The summed E-state index contributed by atoms with van der Waals surface area (Å²) in [6.45, 7) is 0. The molecule has 5 nitrogen and oxygen atoms in total. The first-order valence-electron chi connectivity index (χ1n) is 3.36. The number of nitro benzene ring substituents is 1. The van der Waals surface area contributed by atoms with Gasteiger partial charge < -0.3 is 3.85 Å². The molecule has 6 heteroatoms. The predicted octanol–water partition coefficient (Wildman–Crippen LogP) is 1.76. The second kappa shape index (κ2) is 2.67. The normalized spacial score (nSPS) is 10.5. The molecule has 0 aliphatic carbocycles. The molecule has 0 aliphatic rings. The third-order valence-corrected chi connectivity index (χ3v) is 2.36. The Morgan fingerprint density at radius 2 is 2.23 bits per heavy atom. The molecule has 0 radical (unpaired) electrons.